The van der Waals surface area contributed by atoms with Gasteiger partial charge in [0.1, 0.15) is 12.9 Å². The molecule has 7 heteroatoms. The number of aromatic nitrogens is 3. The predicted molar refractivity (Wildman–Crippen MR) is 98.1 cm³/mol. The van der Waals surface area contributed by atoms with Crippen molar-refractivity contribution in [2.24, 2.45) is 0 Å². The molecule has 3 aromatic rings. The molecule has 0 spiro atoms. The number of nitrogens with one attached hydrogen (secondary N) is 1. The summed E-state index contributed by atoms with van der Waals surface area (Å²) in [6, 6.07) is 7.26. The fraction of sp³-hybridized carbons (Fsp3) is 0.111. The number of imidazole rings is 1. The quantitative estimate of drug-likeness (QED) is 0.443. The van der Waals surface area contributed by atoms with Crippen molar-refractivity contribution in [3.8, 4) is 11.4 Å². The van der Waals surface area contributed by atoms with Gasteiger partial charge in [-0.15, -0.1) is 5.98 Å². The molecule has 0 aliphatic carbocycles. The van der Waals surface area contributed by atoms with Crippen LogP contribution in [0.1, 0.15) is 15.9 Å². The molecule has 0 saturated heterocycles. The monoisotopic (exact) mass is 331 g/mol. The summed E-state index contributed by atoms with van der Waals surface area (Å²) < 4.78 is 6.61. The van der Waals surface area contributed by atoms with Crippen molar-refractivity contribution >= 4 is 30.7 Å². The molecule has 0 aliphatic rings. The summed E-state index contributed by atoms with van der Waals surface area (Å²) >= 11 is 0. The number of nitrogens with zero attached hydrogens (tertiary/aromatic N) is 3. The summed E-state index contributed by atoms with van der Waals surface area (Å²) in [6.45, 7) is 1.91. The minimum Gasteiger partial charge on any atom is -0.465 e. The number of carbonyl (C=O) groups excluding carboxylic acids is 1. The highest BCUT2D eigenvalue weighted by Gasteiger charge is 2.11. The molecule has 0 saturated carbocycles. The van der Waals surface area contributed by atoms with Crippen molar-refractivity contribution in [3.05, 3.63) is 60.0 Å². The molecular formula is C18H16BN4O2. The van der Waals surface area contributed by atoms with E-state index >= 15 is 0 Å². The zero-order valence-corrected chi connectivity index (χ0v) is 13.9. The second kappa shape index (κ2) is 7.13. The van der Waals surface area contributed by atoms with Gasteiger partial charge in [-0.1, -0.05) is 6.82 Å². The first-order valence-corrected chi connectivity index (χ1v) is 7.70. The van der Waals surface area contributed by atoms with Crippen LogP contribution >= 0.6 is 0 Å². The van der Waals surface area contributed by atoms with Crippen molar-refractivity contribution in [3.63, 3.8) is 0 Å². The van der Waals surface area contributed by atoms with Gasteiger partial charge in [-0.2, -0.15) is 0 Å². The Morgan fingerprint density at radius 1 is 1.20 bits per heavy atom. The summed E-state index contributed by atoms with van der Waals surface area (Å²) in [5.74, 6) is 1.46. The number of esters is 1. The highest BCUT2D eigenvalue weighted by molar-refractivity contribution is 6.44. The van der Waals surface area contributed by atoms with Crippen LogP contribution in [0.25, 0.3) is 22.6 Å². The summed E-state index contributed by atoms with van der Waals surface area (Å²) in [7, 11) is 3.23. The third-order valence-electron chi connectivity index (χ3n) is 3.79. The topological polar surface area (TPSA) is 80.3 Å². The molecule has 0 aliphatic heterocycles. The Labute approximate surface area is 145 Å². The molecule has 3 aromatic heterocycles. The van der Waals surface area contributed by atoms with Crippen LogP contribution in [0.15, 0.2) is 48.8 Å². The van der Waals surface area contributed by atoms with Gasteiger partial charge in [-0.05, 0) is 35.4 Å². The van der Waals surface area contributed by atoms with E-state index in [4.69, 9.17) is 5.41 Å². The highest BCUT2D eigenvalue weighted by Crippen LogP contribution is 2.22. The second-order valence-electron chi connectivity index (χ2n) is 5.31. The predicted octanol–water partition coefficient (Wildman–Crippen LogP) is 2.93. The van der Waals surface area contributed by atoms with Gasteiger partial charge in [0.15, 0.2) is 0 Å². The number of carbonyl (C=O) groups is 1. The first kappa shape index (κ1) is 16.6. The average Bonchev–Trinajstić information content (AvgIpc) is 3.08. The van der Waals surface area contributed by atoms with Crippen LogP contribution in [0.3, 0.4) is 0 Å². The van der Waals surface area contributed by atoms with Crippen LogP contribution in [0.4, 0.5) is 0 Å². The van der Waals surface area contributed by atoms with Crippen LogP contribution in [0, 0.1) is 5.41 Å². The molecule has 0 amide bonds. The lowest BCUT2D eigenvalue weighted by Gasteiger charge is -2.06. The number of methoxy groups -OCH3 is 1. The molecule has 0 unspecified atom stereocenters. The number of allylic oxidation sites excluding steroid dienone is 1. The van der Waals surface area contributed by atoms with E-state index in [9.17, 15) is 4.79 Å². The number of fused-ring (bicyclic) bond motifs is 1. The Morgan fingerprint density at radius 3 is 2.64 bits per heavy atom. The third-order valence-corrected chi connectivity index (χ3v) is 3.79. The first-order chi connectivity index (χ1) is 12.2. The molecule has 0 bridgehead atoms. The molecule has 6 nitrogen and oxygen atoms in total. The second-order valence-corrected chi connectivity index (χ2v) is 5.31. The largest absolute Gasteiger partial charge is 0.465 e. The van der Waals surface area contributed by atoms with Gasteiger partial charge in [-0.25, -0.2) is 9.78 Å². The van der Waals surface area contributed by atoms with Crippen LogP contribution in [-0.4, -0.2) is 40.9 Å². The minimum atomic E-state index is -0.420. The zero-order valence-electron chi connectivity index (χ0n) is 13.9. The van der Waals surface area contributed by atoms with E-state index in [1.807, 2.05) is 42.8 Å². The van der Waals surface area contributed by atoms with Gasteiger partial charge in [0.05, 0.1) is 30.3 Å². The molecule has 1 radical (unpaired) electrons. The molecule has 0 atom stereocenters. The van der Waals surface area contributed by atoms with Gasteiger partial charge in [0.2, 0.25) is 0 Å². The van der Waals surface area contributed by atoms with E-state index in [1.54, 1.807) is 18.3 Å². The average molecular weight is 331 g/mol. The molecule has 123 valence electrons. The number of pyridine rings is 2. The van der Waals surface area contributed by atoms with Crippen molar-refractivity contribution in [2.75, 3.05) is 7.11 Å². The van der Waals surface area contributed by atoms with Gasteiger partial charge in [-0.3, -0.25) is 9.38 Å². The van der Waals surface area contributed by atoms with Gasteiger partial charge in [0.25, 0.3) is 0 Å². The Kier molecular flexibility index (Phi) is 4.74. The van der Waals surface area contributed by atoms with Crippen LogP contribution in [-0.2, 0) is 4.74 Å². The van der Waals surface area contributed by atoms with Crippen LogP contribution in [0.5, 0.6) is 0 Å². The molecule has 0 aromatic carbocycles. The lowest BCUT2D eigenvalue weighted by molar-refractivity contribution is 0.0600. The molecule has 3 rings (SSSR count). The molecular weight excluding hydrogens is 315 g/mol. The summed E-state index contributed by atoms with van der Waals surface area (Å²) in [6.07, 6.45) is 6.47. The molecule has 25 heavy (non-hydrogen) atoms. The maximum absolute atomic E-state index is 11.5. The van der Waals surface area contributed by atoms with Crippen LogP contribution in [0.2, 0.25) is 6.82 Å². The normalized spacial score (nSPS) is 11.4. The SMILES string of the molecule is C[B]/C=C(\C=N)c1ccc2ncc(-c3ccc(C(=O)OC)cn3)n2c1. The lowest BCUT2D eigenvalue weighted by atomic mass is 9.79. The third kappa shape index (κ3) is 3.21. The van der Waals surface area contributed by atoms with Gasteiger partial charge >= 0.3 is 5.97 Å². The van der Waals surface area contributed by atoms with Crippen molar-refractivity contribution in [2.45, 2.75) is 6.82 Å². The van der Waals surface area contributed by atoms with Gasteiger partial charge < -0.3 is 10.1 Å². The molecule has 0 fully saturated rings. The Balaban J connectivity index is 2.06. The Morgan fingerprint density at radius 2 is 2.00 bits per heavy atom. The van der Waals surface area contributed by atoms with Crippen LogP contribution < -0.4 is 0 Å². The van der Waals surface area contributed by atoms with E-state index in [1.165, 1.54) is 19.5 Å². The number of hydrogen-bond acceptors (Lipinski definition) is 5. The first-order valence-electron chi connectivity index (χ1n) is 7.70. The summed E-state index contributed by atoms with van der Waals surface area (Å²) in [5.41, 5.74) is 4.39. The number of ether oxygens (including phenoxy) is 1. The fourth-order valence-electron chi connectivity index (χ4n) is 2.53. The minimum absolute atomic E-state index is 0.397. The van der Waals surface area contributed by atoms with E-state index < -0.39 is 5.97 Å². The highest BCUT2D eigenvalue weighted by atomic mass is 16.5. The fourth-order valence-corrected chi connectivity index (χ4v) is 2.53. The van der Waals surface area contributed by atoms with E-state index in [0.717, 1.165) is 22.5 Å². The van der Waals surface area contributed by atoms with Gasteiger partial charge in [0, 0.05) is 18.6 Å². The van der Waals surface area contributed by atoms with Crippen molar-refractivity contribution < 1.29 is 9.53 Å². The Bertz CT molecular complexity index is 961. The molecule has 3 heterocycles. The number of rotatable bonds is 5. The maximum atomic E-state index is 11.5. The summed E-state index contributed by atoms with van der Waals surface area (Å²) in [5, 5.41) is 7.58. The van der Waals surface area contributed by atoms with Crippen molar-refractivity contribution in [1.82, 2.24) is 14.4 Å². The Hall–Kier alpha value is -3.22. The van der Waals surface area contributed by atoms with E-state index in [2.05, 4.69) is 14.7 Å². The lowest BCUT2D eigenvalue weighted by Crippen LogP contribution is -2.02. The van der Waals surface area contributed by atoms with E-state index in [-0.39, 0.29) is 0 Å². The van der Waals surface area contributed by atoms with Crippen molar-refractivity contribution in [1.29, 1.82) is 5.41 Å². The molecule has 1 N–H and O–H groups in total. The smallest absolute Gasteiger partial charge is 0.339 e. The van der Waals surface area contributed by atoms with E-state index in [0.29, 0.717) is 11.3 Å². The summed E-state index contributed by atoms with van der Waals surface area (Å²) in [4.78, 5) is 20.3. The zero-order chi connectivity index (χ0) is 17.8. The number of hydrogen-bond donors (Lipinski definition) is 1. The standard InChI is InChI=1S/C18H16BN4O2/c1-19-7-14(8-20)13-4-6-17-22-10-16(23(17)11-13)15-5-3-12(9-21-15)18(24)25-2/h3-11,20H,1-2H3/b14-7+,20-8?. The maximum Gasteiger partial charge on any atom is 0.339 e.